The topological polar surface area (TPSA) is 57.6 Å². The second-order valence-corrected chi connectivity index (χ2v) is 8.76. The molecule has 0 spiro atoms. The van der Waals surface area contributed by atoms with E-state index in [4.69, 9.17) is 0 Å². The predicted molar refractivity (Wildman–Crippen MR) is 122 cm³/mol. The van der Waals surface area contributed by atoms with Crippen molar-refractivity contribution < 1.29 is 9.59 Å². The molecule has 0 radical (unpaired) electrons. The number of nitrogens with one attached hydrogen (secondary N) is 1. The van der Waals surface area contributed by atoms with Gasteiger partial charge in [0, 0.05) is 43.5 Å². The summed E-state index contributed by atoms with van der Waals surface area (Å²) >= 11 is 0. The summed E-state index contributed by atoms with van der Waals surface area (Å²) in [6.07, 6.45) is 1.05. The molecule has 2 aliphatic heterocycles. The molecule has 0 fully saturated rings. The summed E-state index contributed by atoms with van der Waals surface area (Å²) in [7, 11) is 2.06. The van der Waals surface area contributed by atoms with Gasteiger partial charge in [0.25, 0.3) is 5.91 Å². The van der Waals surface area contributed by atoms with Gasteiger partial charge in [0.1, 0.15) is 6.17 Å². The Labute approximate surface area is 182 Å². The average Bonchev–Trinajstić information content (AvgIpc) is 3.09. The van der Waals surface area contributed by atoms with Crippen molar-refractivity contribution in [3.8, 4) is 0 Å². The highest BCUT2D eigenvalue weighted by molar-refractivity contribution is 6.02. The molecule has 3 heterocycles. The summed E-state index contributed by atoms with van der Waals surface area (Å²) in [5, 5.41) is 4.21. The Morgan fingerprint density at radius 1 is 1.13 bits per heavy atom. The molecule has 6 heteroatoms. The Morgan fingerprint density at radius 3 is 2.68 bits per heavy atom. The average molecular weight is 417 g/mol. The van der Waals surface area contributed by atoms with E-state index in [-0.39, 0.29) is 24.0 Å². The molecule has 1 unspecified atom stereocenters. The molecule has 1 aromatic heterocycles. The van der Waals surface area contributed by atoms with Crippen LogP contribution in [0.15, 0.2) is 48.5 Å². The summed E-state index contributed by atoms with van der Waals surface area (Å²) < 4.78 is 2.26. The number of anilines is 1. The van der Waals surface area contributed by atoms with E-state index in [1.807, 2.05) is 49.1 Å². The fourth-order valence-electron chi connectivity index (χ4n) is 5.16. The van der Waals surface area contributed by atoms with Gasteiger partial charge < -0.3 is 19.7 Å². The van der Waals surface area contributed by atoms with Crippen LogP contribution in [0.1, 0.15) is 48.0 Å². The van der Waals surface area contributed by atoms with Gasteiger partial charge in [-0.1, -0.05) is 30.3 Å². The van der Waals surface area contributed by atoms with Gasteiger partial charge in [-0.05, 0) is 44.0 Å². The van der Waals surface area contributed by atoms with Crippen LogP contribution >= 0.6 is 0 Å². The van der Waals surface area contributed by atoms with Gasteiger partial charge >= 0.3 is 0 Å². The standard InChI is InChI=1S/C25H28N4O2/c1-16(2)26-22(30)13-15-28-21-11-7-4-8-17(21)18-12-14-29-24(23(18)28)27(3)20-10-6-5-9-19(20)25(29)31/h4-11,16,24H,12-15H2,1-3H3,(H,26,30). The lowest BCUT2D eigenvalue weighted by Gasteiger charge is -2.46. The van der Waals surface area contributed by atoms with Gasteiger partial charge in [0.15, 0.2) is 0 Å². The Bertz CT molecular complexity index is 1180. The Balaban J connectivity index is 1.63. The number of hydrogen-bond acceptors (Lipinski definition) is 3. The number of fused-ring (bicyclic) bond motifs is 6. The van der Waals surface area contributed by atoms with Crippen molar-refractivity contribution in [2.45, 2.75) is 45.4 Å². The number of rotatable bonds is 4. The van der Waals surface area contributed by atoms with Gasteiger partial charge in [-0.15, -0.1) is 0 Å². The highest BCUT2D eigenvalue weighted by Crippen LogP contribution is 2.44. The van der Waals surface area contributed by atoms with Crippen molar-refractivity contribution in [3.63, 3.8) is 0 Å². The summed E-state index contributed by atoms with van der Waals surface area (Å²) in [5.41, 5.74) is 5.27. The van der Waals surface area contributed by atoms with Crippen molar-refractivity contribution in [2.75, 3.05) is 18.5 Å². The van der Waals surface area contributed by atoms with Crippen LogP contribution in [0.25, 0.3) is 10.9 Å². The Morgan fingerprint density at radius 2 is 1.87 bits per heavy atom. The maximum Gasteiger partial charge on any atom is 0.257 e. The smallest absolute Gasteiger partial charge is 0.257 e. The van der Waals surface area contributed by atoms with Crippen LogP contribution < -0.4 is 10.2 Å². The van der Waals surface area contributed by atoms with E-state index in [0.29, 0.717) is 19.5 Å². The van der Waals surface area contributed by atoms with E-state index in [0.717, 1.165) is 28.9 Å². The molecule has 0 aliphatic carbocycles. The van der Waals surface area contributed by atoms with Crippen LogP contribution in [0, 0.1) is 0 Å². The lowest BCUT2D eigenvalue weighted by atomic mass is 9.96. The molecule has 2 aliphatic rings. The molecule has 0 saturated carbocycles. The van der Waals surface area contributed by atoms with Gasteiger partial charge in [0.05, 0.1) is 16.9 Å². The second-order valence-electron chi connectivity index (χ2n) is 8.76. The van der Waals surface area contributed by atoms with E-state index >= 15 is 0 Å². The molecule has 3 aromatic rings. The number of amides is 2. The number of hydrogen-bond donors (Lipinski definition) is 1. The van der Waals surface area contributed by atoms with E-state index in [2.05, 4.69) is 40.0 Å². The third-order valence-electron chi connectivity index (χ3n) is 6.42. The van der Waals surface area contributed by atoms with Gasteiger partial charge in [-0.3, -0.25) is 9.59 Å². The minimum atomic E-state index is -0.174. The molecule has 2 aromatic carbocycles. The monoisotopic (exact) mass is 416 g/mol. The molecule has 1 atom stereocenters. The van der Waals surface area contributed by atoms with Crippen LogP contribution in [-0.4, -0.2) is 40.9 Å². The second kappa shape index (κ2) is 7.45. The Kier molecular flexibility index (Phi) is 4.73. The van der Waals surface area contributed by atoms with Gasteiger partial charge in [-0.25, -0.2) is 0 Å². The first-order valence-corrected chi connectivity index (χ1v) is 11.0. The first kappa shape index (κ1) is 19.7. The van der Waals surface area contributed by atoms with Crippen molar-refractivity contribution >= 4 is 28.4 Å². The minimum absolute atomic E-state index is 0.0487. The van der Waals surface area contributed by atoms with E-state index < -0.39 is 0 Å². The quantitative estimate of drug-likeness (QED) is 0.706. The van der Waals surface area contributed by atoms with Crippen LogP contribution in [0.5, 0.6) is 0 Å². The van der Waals surface area contributed by atoms with Crippen molar-refractivity contribution in [3.05, 3.63) is 65.4 Å². The Hall–Kier alpha value is -3.28. The maximum absolute atomic E-state index is 13.3. The summed E-state index contributed by atoms with van der Waals surface area (Å²) in [6, 6.07) is 16.3. The molecule has 160 valence electrons. The lowest BCUT2D eigenvalue weighted by Crippen LogP contribution is -2.51. The summed E-state index contributed by atoms with van der Waals surface area (Å²) in [6.45, 7) is 5.23. The molecule has 31 heavy (non-hydrogen) atoms. The maximum atomic E-state index is 13.3. The highest BCUT2D eigenvalue weighted by atomic mass is 16.2. The zero-order chi connectivity index (χ0) is 21.7. The number of nitrogens with zero attached hydrogens (tertiary/aromatic N) is 3. The number of para-hydroxylation sites is 2. The van der Waals surface area contributed by atoms with Crippen LogP contribution in [0.3, 0.4) is 0 Å². The summed E-state index contributed by atoms with van der Waals surface area (Å²) in [4.78, 5) is 29.9. The molecule has 6 nitrogen and oxygen atoms in total. The van der Waals surface area contributed by atoms with Crippen molar-refractivity contribution in [2.24, 2.45) is 0 Å². The first-order valence-electron chi connectivity index (χ1n) is 11.0. The first-order chi connectivity index (χ1) is 15.0. The molecule has 0 bridgehead atoms. The fourth-order valence-corrected chi connectivity index (χ4v) is 5.16. The SMILES string of the molecule is CC(C)NC(=O)CCn1c2c(c3ccccc31)CCN1C(=O)c3ccccc3N(C)C21. The zero-order valence-corrected chi connectivity index (χ0v) is 18.3. The lowest BCUT2D eigenvalue weighted by molar-refractivity contribution is -0.121. The number of benzene rings is 2. The van der Waals surface area contributed by atoms with E-state index in [1.165, 1.54) is 10.9 Å². The van der Waals surface area contributed by atoms with Crippen molar-refractivity contribution in [1.29, 1.82) is 0 Å². The highest BCUT2D eigenvalue weighted by Gasteiger charge is 2.42. The molecule has 5 rings (SSSR count). The number of aryl methyl sites for hydroxylation is 1. The molecule has 0 saturated heterocycles. The number of aromatic nitrogens is 1. The fraction of sp³-hybridized carbons (Fsp3) is 0.360. The number of carbonyl (C=O) groups is 2. The molecular formula is C25H28N4O2. The predicted octanol–water partition coefficient (Wildman–Crippen LogP) is 3.70. The van der Waals surface area contributed by atoms with Gasteiger partial charge in [-0.2, -0.15) is 0 Å². The van der Waals surface area contributed by atoms with Gasteiger partial charge in [0.2, 0.25) is 5.91 Å². The number of carbonyl (C=O) groups excluding carboxylic acids is 2. The molecule has 1 N–H and O–H groups in total. The van der Waals surface area contributed by atoms with E-state index in [9.17, 15) is 9.59 Å². The van der Waals surface area contributed by atoms with E-state index in [1.54, 1.807) is 0 Å². The van der Waals surface area contributed by atoms with Crippen LogP contribution in [0.2, 0.25) is 0 Å². The third kappa shape index (κ3) is 3.09. The normalized spacial score (nSPS) is 17.5. The molecular weight excluding hydrogens is 388 g/mol. The zero-order valence-electron chi connectivity index (χ0n) is 18.3. The molecule has 2 amide bonds. The minimum Gasteiger partial charge on any atom is -0.354 e. The largest absolute Gasteiger partial charge is 0.354 e. The third-order valence-corrected chi connectivity index (χ3v) is 6.42. The summed E-state index contributed by atoms with van der Waals surface area (Å²) in [5.74, 6) is 0.131. The van der Waals surface area contributed by atoms with Crippen LogP contribution in [0.4, 0.5) is 5.69 Å². The van der Waals surface area contributed by atoms with Crippen LogP contribution in [-0.2, 0) is 17.8 Å². The van der Waals surface area contributed by atoms with Crippen molar-refractivity contribution in [1.82, 2.24) is 14.8 Å².